The number of halogens is 4. The highest BCUT2D eigenvalue weighted by Gasteiger charge is 2.31. The largest absolute Gasteiger partial charge is 0.442 e. The average Bonchev–Trinajstić information content (AvgIpc) is 3.47. The molecule has 4 N–H and O–H groups in total. The number of piperidine rings is 1. The molecule has 1 amide bonds. The van der Waals surface area contributed by atoms with Crippen LogP contribution in [0.25, 0.3) is 11.3 Å². The van der Waals surface area contributed by atoms with Crippen LogP contribution in [0.4, 0.5) is 24.7 Å². The lowest BCUT2D eigenvalue weighted by atomic mass is 10.1. The van der Waals surface area contributed by atoms with E-state index >= 15 is 0 Å². The van der Waals surface area contributed by atoms with Gasteiger partial charge < -0.3 is 21.1 Å². The van der Waals surface area contributed by atoms with E-state index < -0.39 is 29.7 Å². The van der Waals surface area contributed by atoms with E-state index in [2.05, 4.69) is 25.7 Å². The standard InChI is InChI=1S/C28H26F3N7O3.ClH/c29-28(30,31)19-6-8-20(9-7-19)36-26(39)24(17-4-2-1-3-5-17)41-27(40)23-25(32)34-15-22(37-23)18-14-35-38(16-18)21-10-12-33-13-11-21;/h1-9,14-16,21,24,33H,10-13H2,(H2,32,34)(H,36,39);1H/t24-;/m1./s1. The van der Waals surface area contributed by atoms with E-state index in [4.69, 9.17) is 10.5 Å². The molecule has 220 valence electrons. The van der Waals surface area contributed by atoms with E-state index in [0.29, 0.717) is 16.8 Å². The lowest BCUT2D eigenvalue weighted by Crippen LogP contribution is -2.29. The number of hydrogen-bond donors (Lipinski definition) is 3. The van der Waals surface area contributed by atoms with Gasteiger partial charge in [-0.2, -0.15) is 18.3 Å². The summed E-state index contributed by atoms with van der Waals surface area (Å²) in [4.78, 5) is 34.9. The Kier molecular flexibility index (Phi) is 9.43. The number of nitrogens with one attached hydrogen (secondary N) is 2. The highest BCUT2D eigenvalue weighted by molar-refractivity contribution is 5.99. The van der Waals surface area contributed by atoms with Gasteiger partial charge in [0, 0.05) is 23.0 Å². The summed E-state index contributed by atoms with van der Waals surface area (Å²) in [5.74, 6) is -1.98. The normalized spacial score (nSPS) is 14.5. The van der Waals surface area contributed by atoms with Crippen LogP contribution in [0, 0.1) is 0 Å². The minimum atomic E-state index is -4.52. The van der Waals surface area contributed by atoms with Crippen LogP contribution in [-0.2, 0) is 15.7 Å². The molecule has 1 fully saturated rings. The highest BCUT2D eigenvalue weighted by Crippen LogP contribution is 2.30. The van der Waals surface area contributed by atoms with Crippen molar-refractivity contribution in [2.75, 3.05) is 24.1 Å². The van der Waals surface area contributed by atoms with Crippen molar-refractivity contribution in [3.05, 3.63) is 90.0 Å². The molecule has 0 unspecified atom stereocenters. The Labute approximate surface area is 244 Å². The molecule has 10 nitrogen and oxygen atoms in total. The lowest BCUT2D eigenvalue weighted by Gasteiger charge is -2.22. The minimum absolute atomic E-state index is 0. The topological polar surface area (TPSA) is 137 Å². The molecule has 0 bridgehead atoms. The maximum atomic E-state index is 13.3. The molecule has 0 aliphatic carbocycles. The maximum Gasteiger partial charge on any atom is 0.416 e. The van der Waals surface area contributed by atoms with Gasteiger partial charge in [0.05, 0.1) is 29.7 Å². The summed E-state index contributed by atoms with van der Waals surface area (Å²) in [6.45, 7) is 1.79. The molecule has 4 aromatic rings. The van der Waals surface area contributed by atoms with Crippen LogP contribution in [-0.4, -0.2) is 44.7 Å². The van der Waals surface area contributed by atoms with E-state index in [0.717, 1.165) is 50.2 Å². The minimum Gasteiger partial charge on any atom is -0.442 e. The molecule has 5 rings (SSSR count). The monoisotopic (exact) mass is 601 g/mol. The molecular formula is C28H27ClF3N7O3. The molecule has 2 aromatic heterocycles. The van der Waals surface area contributed by atoms with Crippen LogP contribution in [0.15, 0.2) is 73.2 Å². The average molecular weight is 602 g/mol. The SMILES string of the molecule is Cl.Nc1ncc(-c2cnn(C3CCNCC3)c2)nc1C(=O)O[C@@H](C(=O)Nc1ccc(C(F)(F)F)cc1)c1ccccc1. The van der Waals surface area contributed by atoms with Gasteiger partial charge in [-0.3, -0.25) is 9.48 Å². The van der Waals surface area contributed by atoms with E-state index in [-0.39, 0.29) is 35.6 Å². The first-order valence-corrected chi connectivity index (χ1v) is 12.8. The number of aromatic nitrogens is 4. The van der Waals surface area contributed by atoms with Crippen LogP contribution in [0.3, 0.4) is 0 Å². The van der Waals surface area contributed by atoms with Gasteiger partial charge in [-0.05, 0) is 50.2 Å². The van der Waals surface area contributed by atoms with Crippen molar-refractivity contribution >= 4 is 35.8 Å². The first kappa shape index (κ1) is 30.5. The molecule has 1 aliphatic heterocycles. The Morgan fingerprint density at radius 3 is 2.40 bits per heavy atom. The number of nitrogens with two attached hydrogens (primary N) is 1. The third-order valence-electron chi connectivity index (χ3n) is 6.62. The van der Waals surface area contributed by atoms with Gasteiger partial charge in [-0.15, -0.1) is 12.4 Å². The fraction of sp³-hybridized carbons (Fsp3) is 0.250. The quantitative estimate of drug-likeness (QED) is 0.256. The number of carbonyl (C=O) groups excluding carboxylic acids is 2. The van der Waals surface area contributed by atoms with E-state index in [1.54, 1.807) is 36.5 Å². The predicted molar refractivity (Wildman–Crippen MR) is 151 cm³/mol. The van der Waals surface area contributed by atoms with Crippen LogP contribution < -0.4 is 16.4 Å². The third kappa shape index (κ3) is 7.04. The molecule has 0 saturated carbocycles. The molecule has 0 spiro atoms. The van der Waals surface area contributed by atoms with Gasteiger partial charge in [0.1, 0.15) is 0 Å². The number of amides is 1. The second-order valence-electron chi connectivity index (χ2n) is 9.44. The van der Waals surface area contributed by atoms with Gasteiger partial charge >= 0.3 is 12.1 Å². The van der Waals surface area contributed by atoms with Crippen LogP contribution >= 0.6 is 12.4 Å². The molecular weight excluding hydrogens is 575 g/mol. The Morgan fingerprint density at radius 1 is 1.05 bits per heavy atom. The number of hydrogen-bond acceptors (Lipinski definition) is 8. The summed E-state index contributed by atoms with van der Waals surface area (Å²) in [5, 5.41) is 10.2. The summed E-state index contributed by atoms with van der Waals surface area (Å²) >= 11 is 0. The fourth-order valence-corrected chi connectivity index (χ4v) is 4.44. The van der Waals surface area contributed by atoms with E-state index in [1.165, 1.54) is 6.20 Å². The summed E-state index contributed by atoms with van der Waals surface area (Å²) < 4.78 is 46.2. The Hall–Kier alpha value is -4.49. The fourth-order valence-electron chi connectivity index (χ4n) is 4.44. The second-order valence-corrected chi connectivity index (χ2v) is 9.44. The Morgan fingerprint density at radius 2 is 1.74 bits per heavy atom. The molecule has 3 heterocycles. The van der Waals surface area contributed by atoms with Gasteiger partial charge in [-0.1, -0.05) is 30.3 Å². The number of nitrogen functional groups attached to an aromatic ring is 1. The molecule has 1 atom stereocenters. The summed E-state index contributed by atoms with van der Waals surface area (Å²) in [6, 6.07) is 12.3. The van der Waals surface area contributed by atoms with Crippen molar-refractivity contribution in [2.24, 2.45) is 0 Å². The van der Waals surface area contributed by atoms with Crippen LogP contribution in [0.2, 0.25) is 0 Å². The zero-order valence-electron chi connectivity index (χ0n) is 22.0. The first-order valence-electron chi connectivity index (χ1n) is 12.8. The number of carbonyl (C=O) groups is 2. The predicted octanol–water partition coefficient (Wildman–Crippen LogP) is 4.82. The van der Waals surface area contributed by atoms with Crippen molar-refractivity contribution in [3.8, 4) is 11.3 Å². The van der Waals surface area contributed by atoms with Crippen molar-refractivity contribution < 1.29 is 27.5 Å². The van der Waals surface area contributed by atoms with Crippen molar-refractivity contribution in [2.45, 2.75) is 31.2 Å². The number of nitrogens with zero attached hydrogens (tertiary/aromatic N) is 4. The zero-order valence-corrected chi connectivity index (χ0v) is 22.9. The van der Waals surface area contributed by atoms with Crippen LogP contribution in [0.1, 0.15) is 46.6 Å². The highest BCUT2D eigenvalue weighted by atomic mass is 35.5. The second kappa shape index (κ2) is 13.0. The number of alkyl halides is 3. The van der Waals surface area contributed by atoms with Gasteiger partial charge in [-0.25, -0.2) is 14.8 Å². The number of benzene rings is 2. The summed E-state index contributed by atoms with van der Waals surface area (Å²) in [5.41, 5.74) is 6.20. The lowest BCUT2D eigenvalue weighted by molar-refractivity contribution is -0.137. The first-order chi connectivity index (χ1) is 19.7. The van der Waals surface area contributed by atoms with Gasteiger partial charge in [0.2, 0.25) is 6.10 Å². The summed E-state index contributed by atoms with van der Waals surface area (Å²) in [6.07, 6.45) is 0.757. The van der Waals surface area contributed by atoms with Crippen molar-refractivity contribution in [1.29, 1.82) is 0 Å². The Balaban J connectivity index is 0.00000405. The zero-order chi connectivity index (χ0) is 29.0. The van der Waals surface area contributed by atoms with Crippen molar-refractivity contribution in [3.63, 3.8) is 0 Å². The summed E-state index contributed by atoms with van der Waals surface area (Å²) in [7, 11) is 0. The number of esters is 1. The number of anilines is 2. The number of ether oxygens (including phenoxy) is 1. The molecule has 1 aliphatic rings. The molecule has 14 heteroatoms. The van der Waals surface area contributed by atoms with E-state index in [1.807, 2.05) is 10.9 Å². The maximum absolute atomic E-state index is 13.3. The third-order valence-corrected chi connectivity index (χ3v) is 6.62. The number of rotatable bonds is 7. The molecule has 2 aromatic carbocycles. The van der Waals surface area contributed by atoms with Crippen LogP contribution in [0.5, 0.6) is 0 Å². The molecule has 0 radical (unpaired) electrons. The molecule has 42 heavy (non-hydrogen) atoms. The van der Waals surface area contributed by atoms with E-state index in [9.17, 15) is 22.8 Å². The van der Waals surface area contributed by atoms with Gasteiger partial charge in [0.15, 0.2) is 11.5 Å². The smallest absolute Gasteiger partial charge is 0.416 e. The van der Waals surface area contributed by atoms with Crippen molar-refractivity contribution in [1.82, 2.24) is 25.1 Å². The Bertz CT molecular complexity index is 1530. The van der Waals surface area contributed by atoms with Gasteiger partial charge in [0.25, 0.3) is 5.91 Å². The molecule has 1 saturated heterocycles.